The summed E-state index contributed by atoms with van der Waals surface area (Å²) in [6.45, 7) is 0. The van der Waals surface area contributed by atoms with Gasteiger partial charge < -0.3 is 5.11 Å². The summed E-state index contributed by atoms with van der Waals surface area (Å²) in [6, 6.07) is 0. The van der Waals surface area contributed by atoms with Gasteiger partial charge >= 0.3 is 0 Å². The molecule has 0 spiro atoms. The van der Waals surface area contributed by atoms with Crippen LogP contribution < -0.4 is 0 Å². The molecule has 3 heteroatoms. The molecule has 0 heterocycles. The Morgan fingerprint density at radius 1 is 1.83 bits per heavy atom. The predicted octanol–water partition coefficient (Wildman–Crippen LogP) is 1.35. The predicted molar refractivity (Wildman–Crippen MR) is 24.2 cm³/mol. The summed E-state index contributed by atoms with van der Waals surface area (Å²) >= 11 is 0. The van der Waals surface area contributed by atoms with Crippen molar-refractivity contribution < 1.29 is 9.67 Å². The van der Waals surface area contributed by atoms with E-state index < -0.39 is 0 Å². The van der Waals surface area contributed by atoms with Crippen LogP contribution in [-0.2, 0) is 4.57 Å². The van der Waals surface area contributed by atoms with Crippen molar-refractivity contribution in [2.75, 3.05) is 6.16 Å². The molecular formula is C3H5O2P. The molecule has 0 aliphatic heterocycles. The van der Waals surface area contributed by atoms with Gasteiger partial charge in [-0.1, -0.05) is 0 Å². The Bertz CT molecular complexity index is 59.8. The molecule has 0 aromatic heterocycles. The largest absolute Gasteiger partial charge is 0.516 e. The van der Waals surface area contributed by atoms with E-state index in [1.165, 1.54) is 6.08 Å². The highest BCUT2D eigenvalue weighted by Crippen LogP contribution is 1.87. The molecule has 0 atom stereocenters. The van der Waals surface area contributed by atoms with Crippen LogP contribution in [0.25, 0.3) is 0 Å². The maximum atomic E-state index is 9.50. The van der Waals surface area contributed by atoms with Crippen molar-refractivity contribution in [2.24, 2.45) is 0 Å². The van der Waals surface area contributed by atoms with Crippen molar-refractivity contribution in [3.05, 3.63) is 12.3 Å². The van der Waals surface area contributed by atoms with E-state index in [4.69, 9.17) is 5.11 Å². The monoisotopic (exact) mass is 104 g/mol. The van der Waals surface area contributed by atoms with Gasteiger partial charge in [0.15, 0.2) is 8.46 Å². The topological polar surface area (TPSA) is 37.3 Å². The Kier molecular flexibility index (Phi) is 4.36. The summed E-state index contributed by atoms with van der Waals surface area (Å²) in [5, 5.41) is 7.87. The van der Waals surface area contributed by atoms with Gasteiger partial charge in [-0.05, 0) is 6.08 Å². The number of aliphatic hydroxyl groups excluding tert-OH is 1. The van der Waals surface area contributed by atoms with Crippen LogP contribution in [0.15, 0.2) is 12.3 Å². The van der Waals surface area contributed by atoms with E-state index in [-0.39, 0.29) is 8.46 Å². The molecule has 2 nitrogen and oxygen atoms in total. The minimum absolute atomic E-state index is 0.0486. The van der Waals surface area contributed by atoms with Crippen molar-refractivity contribution in [1.82, 2.24) is 0 Å². The molecule has 34 valence electrons. The Morgan fingerprint density at radius 3 is 2.67 bits per heavy atom. The van der Waals surface area contributed by atoms with E-state index in [9.17, 15) is 4.57 Å². The SMILES string of the molecule is O=PCC=CO. The molecule has 0 amide bonds. The van der Waals surface area contributed by atoms with Crippen molar-refractivity contribution in [3.63, 3.8) is 0 Å². The molecule has 0 saturated heterocycles. The Labute approximate surface area is 37.7 Å². The zero-order chi connectivity index (χ0) is 4.83. The molecule has 1 N–H and O–H groups in total. The average molecular weight is 104 g/mol. The lowest BCUT2D eigenvalue weighted by atomic mass is 10.7. The number of rotatable bonds is 2. The second kappa shape index (κ2) is 4.64. The van der Waals surface area contributed by atoms with Crippen LogP contribution >= 0.6 is 8.46 Å². The molecule has 0 fully saturated rings. The summed E-state index contributed by atoms with van der Waals surface area (Å²) in [5.41, 5.74) is 0. The van der Waals surface area contributed by atoms with E-state index in [1.54, 1.807) is 0 Å². The molecule has 0 bridgehead atoms. The van der Waals surface area contributed by atoms with Crippen molar-refractivity contribution in [3.8, 4) is 0 Å². The number of hydrogen-bond acceptors (Lipinski definition) is 2. The van der Waals surface area contributed by atoms with Crippen LogP contribution in [0.2, 0.25) is 0 Å². The highest BCUT2D eigenvalue weighted by atomic mass is 31.1. The van der Waals surface area contributed by atoms with E-state index in [2.05, 4.69) is 0 Å². The summed E-state index contributed by atoms with van der Waals surface area (Å²) in [7, 11) is 0.0486. The lowest BCUT2D eigenvalue weighted by Crippen LogP contribution is -1.55. The highest BCUT2D eigenvalue weighted by molar-refractivity contribution is 7.23. The van der Waals surface area contributed by atoms with Gasteiger partial charge in [-0.25, -0.2) is 0 Å². The van der Waals surface area contributed by atoms with Gasteiger partial charge in [0.25, 0.3) is 0 Å². The van der Waals surface area contributed by atoms with Crippen LogP contribution in [0.5, 0.6) is 0 Å². The first-order valence-electron chi connectivity index (χ1n) is 1.50. The lowest BCUT2D eigenvalue weighted by molar-refractivity contribution is 0.472. The van der Waals surface area contributed by atoms with Crippen molar-refractivity contribution in [1.29, 1.82) is 0 Å². The van der Waals surface area contributed by atoms with Gasteiger partial charge in [-0.15, -0.1) is 0 Å². The van der Waals surface area contributed by atoms with E-state index in [1.807, 2.05) is 0 Å². The van der Waals surface area contributed by atoms with Crippen molar-refractivity contribution >= 4 is 8.46 Å². The second-order valence-corrected chi connectivity index (χ2v) is 1.32. The van der Waals surface area contributed by atoms with Gasteiger partial charge in [0, 0.05) is 6.16 Å². The number of hydrogen-bond donors (Lipinski definition) is 1. The van der Waals surface area contributed by atoms with Gasteiger partial charge in [-0.2, -0.15) is 0 Å². The third-order valence-electron chi connectivity index (χ3n) is 0.285. The second-order valence-electron chi connectivity index (χ2n) is 0.696. The Morgan fingerprint density at radius 2 is 2.50 bits per heavy atom. The van der Waals surface area contributed by atoms with Gasteiger partial charge in [-0.3, -0.25) is 4.57 Å². The molecule has 6 heavy (non-hydrogen) atoms. The normalized spacial score (nSPS) is 10.7. The van der Waals surface area contributed by atoms with Gasteiger partial charge in [0.05, 0.1) is 6.26 Å². The number of allylic oxidation sites excluding steroid dienone is 1. The third-order valence-corrected chi connectivity index (χ3v) is 0.645. The molecule has 0 saturated carbocycles. The molecule has 0 aromatic carbocycles. The molecule has 0 aliphatic rings. The Hall–Kier alpha value is -0.360. The summed E-state index contributed by atoms with van der Waals surface area (Å²) < 4.78 is 9.50. The Balaban J connectivity index is 2.85. The van der Waals surface area contributed by atoms with Crippen molar-refractivity contribution in [2.45, 2.75) is 0 Å². The molecule has 0 radical (unpaired) electrons. The molecule has 0 rings (SSSR count). The van der Waals surface area contributed by atoms with Crippen LogP contribution in [0.3, 0.4) is 0 Å². The van der Waals surface area contributed by atoms with Crippen LogP contribution in [0.1, 0.15) is 0 Å². The smallest absolute Gasteiger partial charge is 0.159 e. The van der Waals surface area contributed by atoms with Crippen LogP contribution in [0.4, 0.5) is 0 Å². The summed E-state index contributed by atoms with van der Waals surface area (Å²) in [6.07, 6.45) is 2.69. The van der Waals surface area contributed by atoms with Crippen LogP contribution in [0, 0.1) is 0 Å². The summed E-state index contributed by atoms with van der Waals surface area (Å²) in [5.74, 6) is 0. The first-order chi connectivity index (χ1) is 2.91. The minimum atomic E-state index is 0.0486. The molecule has 0 unspecified atom stereocenters. The highest BCUT2D eigenvalue weighted by Gasteiger charge is 1.66. The fraction of sp³-hybridized carbons (Fsp3) is 0.333. The van der Waals surface area contributed by atoms with E-state index in [0.29, 0.717) is 6.16 Å². The first-order valence-corrected chi connectivity index (χ1v) is 2.50. The zero-order valence-corrected chi connectivity index (χ0v) is 4.06. The third kappa shape index (κ3) is 3.64. The summed E-state index contributed by atoms with van der Waals surface area (Å²) in [4.78, 5) is 0. The first kappa shape index (κ1) is 5.64. The van der Waals surface area contributed by atoms with E-state index in [0.717, 1.165) is 6.26 Å². The standard InChI is InChI=1S/C3H5O2P/c4-2-1-3-6-5/h1-2,4H,3H2. The van der Waals surface area contributed by atoms with Crippen LogP contribution in [-0.4, -0.2) is 11.3 Å². The fourth-order valence-corrected chi connectivity index (χ4v) is 0.271. The van der Waals surface area contributed by atoms with Gasteiger partial charge in [0.2, 0.25) is 0 Å². The minimum Gasteiger partial charge on any atom is -0.516 e. The lowest BCUT2D eigenvalue weighted by Gasteiger charge is -1.64. The quantitative estimate of drug-likeness (QED) is 0.424. The zero-order valence-electron chi connectivity index (χ0n) is 3.16. The molecular weight excluding hydrogens is 99.0 g/mol. The number of aliphatic hydroxyl groups is 1. The average Bonchev–Trinajstić information content (AvgIpc) is 1.61. The molecule has 0 aliphatic carbocycles. The molecule has 0 aromatic rings. The van der Waals surface area contributed by atoms with E-state index >= 15 is 0 Å². The maximum absolute atomic E-state index is 9.50. The fourth-order valence-electron chi connectivity index (χ4n) is 0.0902. The van der Waals surface area contributed by atoms with Gasteiger partial charge in [0.1, 0.15) is 0 Å². The maximum Gasteiger partial charge on any atom is 0.159 e.